The average Bonchev–Trinajstić information content (AvgIpc) is 2.77. The van der Waals surface area contributed by atoms with Crippen molar-refractivity contribution in [1.29, 1.82) is 0 Å². The highest BCUT2D eigenvalue weighted by molar-refractivity contribution is 7.19. The lowest BCUT2D eigenvalue weighted by molar-refractivity contribution is 0.0960. The number of nitrogens with zero attached hydrogens (tertiary/aromatic N) is 1. The molecule has 1 amide bonds. The molecule has 2 heterocycles. The van der Waals surface area contributed by atoms with Crippen molar-refractivity contribution in [3.63, 3.8) is 0 Å². The first-order valence-corrected chi connectivity index (χ1v) is 8.19. The summed E-state index contributed by atoms with van der Waals surface area (Å²) in [5.41, 5.74) is 6.62. The minimum atomic E-state index is -0.130. The van der Waals surface area contributed by atoms with Crippen LogP contribution in [0, 0.1) is 0 Å². The Kier molecular flexibility index (Phi) is 5.30. The number of thiophene rings is 1. The van der Waals surface area contributed by atoms with Crippen LogP contribution in [0.4, 0.5) is 10.7 Å². The lowest BCUT2D eigenvalue weighted by Crippen LogP contribution is -2.43. The molecule has 4 N–H and O–H groups in total. The van der Waals surface area contributed by atoms with Gasteiger partial charge in [-0.2, -0.15) is 0 Å². The molecular formula is C14H24N4O2S. The fourth-order valence-electron chi connectivity index (χ4n) is 2.25. The highest BCUT2D eigenvalue weighted by atomic mass is 32.1. The molecule has 21 heavy (non-hydrogen) atoms. The number of nitrogens with two attached hydrogens (primary N) is 1. The first-order valence-electron chi connectivity index (χ1n) is 7.37. The van der Waals surface area contributed by atoms with Crippen LogP contribution in [-0.4, -0.2) is 44.7 Å². The fourth-order valence-corrected chi connectivity index (χ4v) is 3.37. The Labute approximate surface area is 129 Å². The summed E-state index contributed by atoms with van der Waals surface area (Å²) in [6.07, 6.45) is 0.0191. The van der Waals surface area contributed by atoms with Gasteiger partial charge in [0.25, 0.3) is 5.91 Å². The number of nitrogens with one attached hydrogen (secondary N) is 2. The second-order valence-electron chi connectivity index (χ2n) is 5.24. The molecule has 1 saturated heterocycles. The molecule has 0 saturated carbocycles. The van der Waals surface area contributed by atoms with Crippen molar-refractivity contribution >= 4 is 27.9 Å². The van der Waals surface area contributed by atoms with Crippen molar-refractivity contribution in [3.8, 4) is 5.75 Å². The topological polar surface area (TPSA) is 79.6 Å². The van der Waals surface area contributed by atoms with Gasteiger partial charge in [0, 0.05) is 32.7 Å². The molecular weight excluding hydrogens is 288 g/mol. The number of hydrogen-bond donors (Lipinski definition) is 3. The van der Waals surface area contributed by atoms with E-state index in [0.29, 0.717) is 22.9 Å². The number of nitrogen functional groups attached to an aromatic ring is 1. The highest BCUT2D eigenvalue weighted by Gasteiger charge is 2.26. The van der Waals surface area contributed by atoms with Crippen LogP contribution in [0.5, 0.6) is 5.75 Å². The van der Waals surface area contributed by atoms with Gasteiger partial charge in [-0.05, 0) is 20.8 Å². The van der Waals surface area contributed by atoms with Crippen molar-refractivity contribution in [2.45, 2.75) is 26.9 Å². The van der Waals surface area contributed by atoms with Crippen molar-refractivity contribution in [2.24, 2.45) is 0 Å². The van der Waals surface area contributed by atoms with E-state index in [1.54, 1.807) is 0 Å². The van der Waals surface area contributed by atoms with Gasteiger partial charge in [0.05, 0.1) is 6.10 Å². The number of rotatable bonds is 5. The third-order valence-corrected chi connectivity index (χ3v) is 4.43. The van der Waals surface area contributed by atoms with Crippen LogP contribution in [-0.2, 0) is 0 Å². The molecule has 0 spiro atoms. The lowest BCUT2D eigenvalue weighted by Gasteiger charge is -2.29. The number of anilines is 2. The normalized spacial score (nSPS) is 15.3. The van der Waals surface area contributed by atoms with E-state index in [1.807, 2.05) is 20.8 Å². The maximum absolute atomic E-state index is 12.1. The Hall–Kier alpha value is -1.47. The first-order chi connectivity index (χ1) is 10.0. The van der Waals surface area contributed by atoms with Gasteiger partial charge in [0.15, 0.2) is 5.75 Å². The van der Waals surface area contributed by atoms with Gasteiger partial charge >= 0.3 is 0 Å². The van der Waals surface area contributed by atoms with Gasteiger partial charge in [-0.15, -0.1) is 11.3 Å². The van der Waals surface area contributed by atoms with Crippen LogP contribution in [0.1, 0.15) is 30.4 Å². The third kappa shape index (κ3) is 3.59. The molecule has 0 unspecified atom stereocenters. The minimum Gasteiger partial charge on any atom is -0.486 e. The maximum Gasteiger partial charge on any atom is 0.263 e. The summed E-state index contributed by atoms with van der Waals surface area (Å²) >= 11 is 1.42. The molecule has 1 aliphatic heterocycles. The predicted molar refractivity (Wildman–Crippen MR) is 87.6 cm³/mol. The number of carbonyl (C=O) groups excluding carboxylic acids is 1. The van der Waals surface area contributed by atoms with E-state index >= 15 is 0 Å². The summed E-state index contributed by atoms with van der Waals surface area (Å²) in [6, 6.07) is 0. The van der Waals surface area contributed by atoms with Gasteiger partial charge in [-0.1, -0.05) is 0 Å². The molecule has 1 aromatic heterocycles. The van der Waals surface area contributed by atoms with E-state index in [1.165, 1.54) is 11.3 Å². The lowest BCUT2D eigenvalue weighted by atomic mass is 10.3. The molecule has 1 aromatic rings. The van der Waals surface area contributed by atoms with Crippen molar-refractivity contribution in [2.75, 3.05) is 43.4 Å². The highest BCUT2D eigenvalue weighted by Crippen LogP contribution is 2.45. The van der Waals surface area contributed by atoms with Gasteiger partial charge in [0.2, 0.25) is 0 Å². The minimum absolute atomic E-state index is 0.0191. The van der Waals surface area contributed by atoms with Crippen LogP contribution in [0.2, 0.25) is 0 Å². The SMILES string of the molecule is CCNC(=O)c1sc(N2CCNCC2)c(OC(C)C)c1N. The zero-order valence-corrected chi connectivity index (χ0v) is 13.7. The standard InChI is InChI=1S/C14H24N4O2S/c1-4-17-13(19)12-10(15)11(20-9(2)3)14(21-12)18-7-5-16-6-8-18/h9,16H,4-8,15H2,1-3H3,(H,17,19). The van der Waals surface area contributed by atoms with Gasteiger partial charge in [-0.3, -0.25) is 4.79 Å². The van der Waals surface area contributed by atoms with E-state index in [-0.39, 0.29) is 12.0 Å². The Morgan fingerprint density at radius 3 is 2.71 bits per heavy atom. The Morgan fingerprint density at radius 1 is 1.48 bits per heavy atom. The van der Waals surface area contributed by atoms with Crippen LogP contribution >= 0.6 is 11.3 Å². The molecule has 0 bridgehead atoms. The molecule has 0 atom stereocenters. The number of ether oxygens (including phenoxy) is 1. The Balaban J connectivity index is 2.36. The van der Waals surface area contributed by atoms with Gasteiger partial charge in [0.1, 0.15) is 15.6 Å². The van der Waals surface area contributed by atoms with Crippen molar-refractivity contribution < 1.29 is 9.53 Å². The van der Waals surface area contributed by atoms with Crippen LogP contribution in [0.15, 0.2) is 0 Å². The zero-order chi connectivity index (χ0) is 15.4. The molecule has 6 nitrogen and oxygen atoms in total. The Morgan fingerprint density at radius 2 is 2.14 bits per heavy atom. The molecule has 2 rings (SSSR count). The maximum atomic E-state index is 12.1. The predicted octanol–water partition coefficient (Wildman–Crippen LogP) is 1.28. The summed E-state index contributed by atoms with van der Waals surface area (Å²) in [7, 11) is 0. The molecule has 7 heteroatoms. The summed E-state index contributed by atoms with van der Waals surface area (Å²) in [5.74, 6) is 0.521. The van der Waals surface area contributed by atoms with E-state index in [4.69, 9.17) is 10.5 Å². The molecule has 0 aliphatic carbocycles. The number of piperazine rings is 1. The third-order valence-electron chi connectivity index (χ3n) is 3.18. The van der Waals surface area contributed by atoms with Crippen LogP contribution < -0.4 is 26.0 Å². The Bertz CT molecular complexity index is 495. The smallest absolute Gasteiger partial charge is 0.263 e. The second-order valence-corrected chi connectivity index (χ2v) is 6.24. The van der Waals surface area contributed by atoms with E-state index in [0.717, 1.165) is 31.2 Å². The van der Waals surface area contributed by atoms with Crippen molar-refractivity contribution in [1.82, 2.24) is 10.6 Å². The summed E-state index contributed by atoms with van der Waals surface area (Å²) in [5, 5.41) is 7.09. The van der Waals surface area contributed by atoms with Crippen LogP contribution in [0.3, 0.4) is 0 Å². The first kappa shape index (κ1) is 15.9. The number of hydrogen-bond acceptors (Lipinski definition) is 6. The zero-order valence-electron chi connectivity index (χ0n) is 12.9. The van der Waals surface area contributed by atoms with Gasteiger partial charge < -0.3 is 26.0 Å². The molecule has 0 radical (unpaired) electrons. The average molecular weight is 312 g/mol. The summed E-state index contributed by atoms with van der Waals surface area (Å²) < 4.78 is 5.88. The second kappa shape index (κ2) is 7.00. The number of carbonyl (C=O) groups is 1. The van der Waals surface area contributed by atoms with Gasteiger partial charge in [-0.25, -0.2) is 0 Å². The molecule has 1 fully saturated rings. The number of amides is 1. The molecule has 118 valence electrons. The van der Waals surface area contributed by atoms with E-state index in [2.05, 4.69) is 15.5 Å². The quantitative estimate of drug-likeness (QED) is 0.763. The molecule has 1 aliphatic rings. The monoisotopic (exact) mass is 312 g/mol. The summed E-state index contributed by atoms with van der Waals surface area (Å²) in [6.45, 7) is 10.0. The fraction of sp³-hybridized carbons (Fsp3) is 0.643. The summed E-state index contributed by atoms with van der Waals surface area (Å²) in [4.78, 5) is 14.9. The van der Waals surface area contributed by atoms with E-state index in [9.17, 15) is 4.79 Å². The van der Waals surface area contributed by atoms with Crippen LogP contribution in [0.25, 0.3) is 0 Å². The molecule has 0 aromatic carbocycles. The largest absolute Gasteiger partial charge is 0.486 e. The van der Waals surface area contributed by atoms with E-state index < -0.39 is 0 Å². The van der Waals surface area contributed by atoms with Crippen molar-refractivity contribution in [3.05, 3.63) is 4.88 Å².